The molecule has 2 aromatic rings. The highest BCUT2D eigenvalue weighted by Crippen LogP contribution is 2.54. The number of aromatic nitrogens is 2. The summed E-state index contributed by atoms with van der Waals surface area (Å²) in [7, 11) is 1.71. The lowest BCUT2D eigenvalue weighted by Gasteiger charge is -2.25. The number of ether oxygens (including phenoxy) is 1. The Labute approximate surface area is 147 Å². The number of carbonyl (C=O) groups is 1. The Kier molecular flexibility index (Phi) is 4.58. The first-order chi connectivity index (χ1) is 11.7. The van der Waals surface area contributed by atoms with Gasteiger partial charge >= 0.3 is 6.09 Å². The van der Waals surface area contributed by atoms with E-state index in [1.807, 2.05) is 39.8 Å². The van der Waals surface area contributed by atoms with Crippen molar-refractivity contribution in [1.29, 1.82) is 0 Å². The van der Waals surface area contributed by atoms with E-state index in [1.54, 1.807) is 13.3 Å². The minimum atomic E-state index is -0.513. The van der Waals surface area contributed by atoms with Gasteiger partial charge in [0.05, 0.1) is 6.26 Å². The monoisotopic (exact) mass is 347 g/mol. The van der Waals surface area contributed by atoms with Crippen molar-refractivity contribution in [3.63, 3.8) is 0 Å². The zero-order valence-electron chi connectivity index (χ0n) is 15.4. The molecular weight excluding hydrogens is 322 g/mol. The molecule has 2 heterocycles. The van der Waals surface area contributed by atoms with Gasteiger partial charge in [-0.1, -0.05) is 12.1 Å². The van der Waals surface area contributed by atoms with E-state index in [2.05, 4.69) is 10.1 Å². The number of rotatable bonds is 5. The molecule has 1 saturated carbocycles. The summed E-state index contributed by atoms with van der Waals surface area (Å²) >= 11 is 0. The van der Waals surface area contributed by atoms with Crippen LogP contribution in [-0.4, -0.2) is 40.3 Å². The lowest BCUT2D eigenvalue weighted by atomic mass is 10.1. The van der Waals surface area contributed by atoms with Gasteiger partial charge in [-0.05, 0) is 39.3 Å². The van der Waals surface area contributed by atoms with E-state index in [0.717, 1.165) is 12.2 Å². The highest BCUT2D eigenvalue weighted by Gasteiger charge is 2.45. The lowest BCUT2D eigenvalue weighted by Crippen LogP contribution is -2.36. The van der Waals surface area contributed by atoms with E-state index in [0.29, 0.717) is 24.2 Å². The number of hydrogen-bond acceptors (Lipinski definition) is 6. The van der Waals surface area contributed by atoms with Crippen molar-refractivity contribution in [1.82, 2.24) is 15.0 Å². The molecule has 0 spiro atoms. The first-order valence-electron chi connectivity index (χ1n) is 8.55. The molecular formula is C18H25N3O4. The van der Waals surface area contributed by atoms with E-state index < -0.39 is 5.60 Å². The van der Waals surface area contributed by atoms with Gasteiger partial charge in [-0.25, -0.2) is 4.79 Å². The summed E-state index contributed by atoms with van der Waals surface area (Å²) < 4.78 is 16.2. The third-order valence-corrected chi connectivity index (χ3v) is 4.17. The van der Waals surface area contributed by atoms with Gasteiger partial charge in [0.2, 0.25) is 5.89 Å². The van der Waals surface area contributed by atoms with Crippen molar-refractivity contribution < 1.29 is 18.5 Å². The van der Waals surface area contributed by atoms with Crippen molar-refractivity contribution in [2.45, 2.75) is 57.5 Å². The zero-order valence-corrected chi connectivity index (χ0v) is 15.4. The number of nitrogens with zero attached hydrogens (tertiary/aromatic N) is 3. The normalized spacial score (nSPS) is 21.0. The fraction of sp³-hybridized carbons (Fsp3) is 0.611. The molecule has 1 fully saturated rings. The van der Waals surface area contributed by atoms with Crippen LogP contribution >= 0.6 is 0 Å². The van der Waals surface area contributed by atoms with Gasteiger partial charge in [0.15, 0.2) is 5.82 Å². The summed E-state index contributed by atoms with van der Waals surface area (Å²) in [4.78, 5) is 18.1. The van der Waals surface area contributed by atoms with Crippen molar-refractivity contribution in [2.75, 3.05) is 13.6 Å². The largest absolute Gasteiger partial charge is 0.469 e. The van der Waals surface area contributed by atoms with Crippen LogP contribution in [0, 0.1) is 0 Å². The van der Waals surface area contributed by atoms with Gasteiger partial charge in [0.25, 0.3) is 0 Å². The van der Waals surface area contributed by atoms with Crippen LogP contribution in [-0.2, 0) is 4.74 Å². The topological polar surface area (TPSA) is 81.6 Å². The van der Waals surface area contributed by atoms with Crippen LogP contribution in [0.25, 0.3) is 0 Å². The van der Waals surface area contributed by atoms with Crippen LogP contribution in [0.2, 0.25) is 0 Å². The Hall–Kier alpha value is -2.31. The molecule has 0 aliphatic heterocycles. The summed E-state index contributed by atoms with van der Waals surface area (Å²) in [5, 5.41) is 4.08. The predicted octanol–water partition coefficient (Wildman–Crippen LogP) is 3.90. The number of carbonyl (C=O) groups excluding carboxylic acids is 1. The third kappa shape index (κ3) is 4.21. The average Bonchev–Trinajstić information content (AvgIpc) is 2.96. The maximum absolute atomic E-state index is 12.1. The highest BCUT2D eigenvalue weighted by atomic mass is 16.6. The Balaban J connectivity index is 1.56. The second-order valence-electron chi connectivity index (χ2n) is 7.72. The maximum atomic E-state index is 12.1. The van der Waals surface area contributed by atoms with E-state index in [4.69, 9.17) is 13.7 Å². The number of likely N-dealkylation sites (N-methyl/N-ethyl adjacent to an activating group) is 1. The van der Waals surface area contributed by atoms with Crippen molar-refractivity contribution in [2.24, 2.45) is 0 Å². The number of amides is 1. The molecule has 1 amide bonds. The first-order valence-corrected chi connectivity index (χ1v) is 8.55. The summed E-state index contributed by atoms with van der Waals surface area (Å²) in [6.45, 7) is 7.96. The minimum Gasteiger partial charge on any atom is -0.469 e. The fourth-order valence-corrected chi connectivity index (χ4v) is 2.79. The molecule has 0 unspecified atom stereocenters. The summed E-state index contributed by atoms with van der Waals surface area (Å²) in [5.74, 6) is 2.71. The molecule has 0 radical (unpaired) electrons. The van der Waals surface area contributed by atoms with Crippen molar-refractivity contribution in [3.8, 4) is 0 Å². The molecule has 0 N–H and O–H groups in total. The molecule has 1 aliphatic rings. The molecule has 7 nitrogen and oxygen atoms in total. The van der Waals surface area contributed by atoms with Crippen LogP contribution in [0.1, 0.15) is 69.3 Å². The lowest BCUT2D eigenvalue weighted by molar-refractivity contribution is 0.0289. The Morgan fingerprint density at radius 2 is 2.20 bits per heavy atom. The summed E-state index contributed by atoms with van der Waals surface area (Å²) in [5.41, 5.74) is -0.513. The molecule has 3 rings (SSSR count). The van der Waals surface area contributed by atoms with Crippen LogP contribution in [0.3, 0.4) is 0 Å². The molecule has 2 aromatic heterocycles. The van der Waals surface area contributed by atoms with E-state index in [1.165, 1.54) is 4.90 Å². The first kappa shape index (κ1) is 17.5. The molecule has 25 heavy (non-hydrogen) atoms. The van der Waals surface area contributed by atoms with Crippen LogP contribution in [0.4, 0.5) is 4.79 Å². The Morgan fingerprint density at radius 1 is 1.44 bits per heavy atom. The molecule has 0 bridgehead atoms. The molecule has 0 aromatic carbocycles. The fourth-order valence-electron chi connectivity index (χ4n) is 2.79. The van der Waals surface area contributed by atoms with Gasteiger partial charge in [-0.3, -0.25) is 0 Å². The molecule has 7 heteroatoms. The molecule has 1 aliphatic carbocycles. The Morgan fingerprint density at radius 3 is 2.84 bits per heavy atom. The van der Waals surface area contributed by atoms with E-state index in [9.17, 15) is 4.79 Å². The zero-order chi connectivity index (χ0) is 18.2. The van der Waals surface area contributed by atoms with E-state index >= 15 is 0 Å². The number of furan rings is 1. The van der Waals surface area contributed by atoms with Crippen molar-refractivity contribution in [3.05, 3.63) is 35.9 Å². The van der Waals surface area contributed by atoms with Gasteiger partial charge in [0, 0.05) is 31.3 Å². The second-order valence-corrected chi connectivity index (χ2v) is 7.72. The van der Waals surface area contributed by atoms with E-state index in [-0.39, 0.29) is 17.9 Å². The quantitative estimate of drug-likeness (QED) is 0.816. The molecule has 0 saturated heterocycles. The standard InChI is InChI=1S/C18H25N3O4/c1-11(10-21(5)17(22)24-18(2,3)4)15-19-16(25-20-15)13-9-12(13)14-7-6-8-23-14/h6-8,11-13H,9-10H2,1-5H3/t11-,12-,13-/m1/s1. The van der Waals surface area contributed by atoms with Crippen molar-refractivity contribution >= 4 is 6.09 Å². The van der Waals surface area contributed by atoms with Gasteiger partial charge < -0.3 is 18.6 Å². The SMILES string of the molecule is C[C@H](CN(C)C(=O)OC(C)(C)C)c1noc([C@@H]2C[C@H]2c2ccco2)n1. The third-order valence-electron chi connectivity index (χ3n) is 4.17. The summed E-state index contributed by atoms with van der Waals surface area (Å²) in [6.07, 6.45) is 2.28. The van der Waals surface area contributed by atoms with Gasteiger partial charge in [-0.2, -0.15) is 4.98 Å². The van der Waals surface area contributed by atoms with Gasteiger partial charge in [-0.15, -0.1) is 0 Å². The minimum absolute atomic E-state index is 0.0455. The second kappa shape index (κ2) is 6.54. The van der Waals surface area contributed by atoms with Crippen LogP contribution in [0.15, 0.2) is 27.3 Å². The highest BCUT2D eigenvalue weighted by molar-refractivity contribution is 5.67. The average molecular weight is 347 g/mol. The summed E-state index contributed by atoms with van der Waals surface area (Å²) in [6, 6.07) is 3.86. The Bertz CT molecular complexity index is 717. The molecule has 3 atom stereocenters. The maximum Gasteiger partial charge on any atom is 0.410 e. The number of hydrogen-bond donors (Lipinski definition) is 0. The van der Waals surface area contributed by atoms with Crippen LogP contribution < -0.4 is 0 Å². The van der Waals surface area contributed by atoms with Gasteiger partial charge in [0.1, 0.15) is 11.4 Å². The molecule has 136 valence electrons. The van der Waals surface area contributed by atoms with Crippen LogP contribution in [0.5, 0.6) is 0 Å². The smallest absolute Gasteiger partial charge is 0.410 e. The predicted molar refractivity (Wildman–Crippen MR) is 90.4 cm³/mol.